The molecule has 3 N–H and O–H groups in total. The molecule has 0 aliphatic carbocycles. The summed E-state index contributed by atoms with van der Waals surface area (Å²) in [4.78, 5) is 25.7. The minimum atomic E-state index is -4.57. The van der Waals surface area contributed by atoms with Crippen LogP contribution in [0.1, 0.15) is 22.6 Å². The molecule has 2 amide bonds. The molecule has 0 saturated carbocycles. The molecular weight excluding hydrogens is 421 g/mol. The summed E-state index contributed by atoms with van der Waals surface area (Å²) in [5, 5.41) is 14.5. The largest absolute Gasteiger partial charge is 0.416 e. The molecule has 0 aliphatic heterocycles. The molecule has 3 rings (SSSR count). The molecule has 0 bridgehead atoms. The number of nitrogens with one attached hydrogen (secondary N) is 2. The van der Waals surface area contributed by atoms with Crippen LogP contribution < -0.4 is 10.6 Å². The first-order chi connectivity index (χ1) is 15.3. The summed E-state index contributed by atoms with van der Waals surface area (Å²) in [6, 6.07) is 20.6. The molecule has 0 saturated heterocycles. The van der Waals surface area contributed by atoms with E-state index in [1.807, 2.05) is 12.1 Å². The second kappa shape index (κ2) is 10.1. The van der Waals surface area contributed by atoms with Gasteiger partial charge in [-0.2, -0.15) is 13.2 Å². The predicted octanol–water partition coefficient (Wildman–Crippen LogP) is 3.95. The number of hydrogen-bond acceptors (Lipinski definition) is 3. The van der Waals surface area contributed by atoms with Gasteiger partial charge in [-0.25, -0.2) is 0 Å². The lowest BCUT2D eigenvalue weighted by Crippen LogP contribution is -2.48. The number of halogens is 3. The lowest BCUT2D eigenvalue weighted by Gasteiger charge is -2.22. The minimum Gasteiger partial charge on any atom is -0.394 e. The maximum atomic E-state index is 13.1. The fourth-order valence-electron chi connectivity index (χ4n) is 3.24. The maximum absolute atomic E-state index is 13.1. The van der Waals surface area contributed by atoms with Gasteiger partial charge in [0.2, 0.25) is 11.8 Å². The van der Waals surface area contributed by atoms with E-state index in [1.54, 1.807) is 48.5 Å². The van der Waals surface area contributed by atoms with Gasteiger partial charge in [-0.15, -0.1) is 0 Å². The molecule has 0 heterocycles. The summed E-state index contributed by atoms with van der Waals surface area (Å²) in [6.07, 6.45) is -4.57. The summed E-state index contributed by atoms with van der Waals surface area (Å²) in [7, 11) is 0. The second-order valence-corrected chi connectivity index (χ2v) is 7.07. The van der Waals surface area contributed by atoms with E-state index in [1.165, 1.54) is 6.07 Å². The van der Waals surface area contributed by atoms with Gasteiger partial charge in [0.05, 0.1) is 18.1 Å². The van der Waals surface area contributed by atoms with Crippen molar-refractivity contribution in [2.45, 2.75) is 18.1 Å². The number of benzene rings is 3. The van der Waals surface area contributed by atoms with E-state index in [2.05, 4.69) is 10.6 Å². The molecule has 0 radical (unpaired) electrons. The van der Waals surface area contributed by atoms with Crippen LogP contribution in [0.4, 0.5) is 18.9 Å². The minimum absolute atomic E-state index is 0.0970. The first-order valence-electron chi connectivity index (χ1n) is 9.79. The first kappa shape index (κ1) is 23.0. The number of aliphatic hydroxyl groups excluding tert-OH is 1. The number of alkyl halides is 3. The summed E-state index contributed by atoms with van der Waals surface area (Å²) >= 11 is 0. The monoisotopic (exact) mass is 442 g/mol. The number of amides is 2. The standard InChI is InChI=1S/C24H21F3N2O3/c25-24(26,27)18-12-7-13-19(14-18)28-22(31)20(15-30)29-23(32)21(16-8-3-1-4-9-16)17-10-5-2-6-11-17/h1-14,20-21,30H,15H2,(H,28,31)(H,29,32)/t20-/m0/s1. The van der Waals surface area contributed by atoms with Crippen molar-refractivity contribution in [3.05, 3.63) is 102 Å². The third kappa shape index (κ3) is 5.73. The molecule has 0 spiro atoms. The van der Waals surface area contributed by atoms with Gasteiger partial charge in [0.1, 0.15) is 6.04 Å². The normalized spacial score (nSPS) is 12.3. The van der Waals surface area contributed by atoms with Gasteiger partial charge in [0.15, 0.2) is 0 Å². The topological polar surface area (TPSA) is 78.4 Å². The van der Waals surface area contributed by atoms with Crippen molar-refractivity contribution < 1.29 is 27.9 Å². The van der Waals surface area contributed by atoms with Crippen molar-refractivity contribution >= 4 is 17.5 Å². The highest BCUT2D eigenvalue weighted by Crippen LogP contribution is 2.30. The summed E-state index contributed by atoms with van der Waals surface area (Å²) in [6.45, 7) is -0.729. The van der Waals surface area contributed by atoms with Crippen LogP contribution in [0.5, 0.6) is 0 Å². The van der Waals surface area contributed by atoms with E-state index in [9.17, 15) is 27.9 Å². The molecule has 32 heavy (non-hydrogen) atoms. The van der Waals surface area contributed by atoms with Crippen molar-refractivity contribution in [2.75, 3.05) is 11.9 Å². The molecule has 5 nitrogen and oxygen atoms in total. The summed E-state index contributed by atoms with van der Waals surface area (Å²) in [5.74, 6) is -2.10. The van der Waals surface area contributed by atoms with Crippen LogP contribution >= 0.6 is 0 Å². The summed E-state index contributed by atoms with van der Waals surface area (Å²) < 4.78 is 38.7. The summed E-state index contributed by atoms with van der Waals surface area (Å²) in [5.41, 5.74) is 0.352. The Balaban J connectivity index is 1.78. The molecule has 3 aromatic rings. The lowest BCUT2D eigenvalue weighted by molar-refractivity contribution is -0.137. The Morgan fingerprint density at radius 2 is 1.38 bits per heavy atom. The van der Waals surface area contributed by atoms with Crippen molar-refractivity contribution in [1.29, 1.82) is 0 Å². The Morgan fingerprint density at radius 1 is 0.812 bits per heavy atom. The molecule has 0 aliphatic rings. The van der Waals surface area contributed by atoms with Gasteiger partial charge in [-0.3, -0.25) is 9.59 Å². The Bertz CT molecular complexity index is 1020. The van der Waals surface area contributed by atoms with Crippen molar-refractivity contribution in [3.63, 3.8) is 0 Å². The smallest absolute Gasteiger partial charge is 0.394 e. The quantitative estimate of drug-likeness (QED) is 0.519. The number of carbonyl (C=O) groups is 2. The molecule has 0 unspecified atom stereocenters. The number of aliphatic hydroxyl groups is 1. The van der Waals surface area contributed by atoms with Gasteiger partial charge in [0, 0.05) is 5.69 Å². The van der Waals surface area contributed by atoms with Crippen LogP contribution in [-0.4, -0.2) is 29.6 Å². The average molecular weight is 442 g/mol. The molecule has 3 aromatic carbocycles. The number of rotatable bonds is 7. The molecule has 0 aromatic heterocycles. The third-order valence-corrected chi connectivity index (χ3v) is 4.80. The SMILES string of the molecule is O=C(N[C@@H](CO)C(=O)Nc1cccc(C(F)(F)F)c1)C(c1ccccc1)c1ccccc1. The zero-order chi connectivity index (χ0) is 23.1. The van der Waals surface area contributed by atoms with Gasteiger partial charge < -0.3 is 15.7 Å². The molecule has 0 fully saturated rings. The van der Waals surface area contributed by atoms with Gasteiger partial charge in [0.25, 0.3) is 0 Å². The van der Waals surface area contributed by atoms with E-state index in [0.29, 0.717) is 11.1 Å². The van der Waals surface area contributed by atoms with Crippen molar-refractivity contribution in [1.82, 2.24) is 5.32 Å². The third-order valence-electron chi connectivity index (χ3n) is 4.80. The van der Waals surface area contributed by atoms with Crippen LogP contribution in [0.25, 0.3) is 0 Å². The van der Waals surface area contributed by atoms with Gasteiger partial charge in [-0.1, -0.05) is 66.7 Å². The number of carbonyl (C=O) groups excluding carboxylic acids is 2. The fourth-order valence-corrected chi connectivity index (χ4v) is 3.24. The average Bonchev–Trinajstić information content (AvgIpc) is 2.78. The molecule has 8 heteroatoms. The highest BCUT2D eigenvalue weighted by molar-refractivity contribution is 5.98. The Kier molecular flexibility index (Phi) is 7.27. The second-order valence-electron chi connectivity index (χ2n) is 7.07. The van der Waals surface area contributed by atoms with Crippen molar-refractivity contribution in [2.24, 2.45) is 0 Å². The molecule has 1 atom stereocenters. The highest BCUT2D eigenvalue weighted by atomic mass is 19.4. The van der Waals surface area contributed by atoms with E-state index < -0.39 is 42.1 Å². The Morgan fingerprint density at radius 3 is 1.88 bits per heavy atom. The zero-order valence-corrected chi connectivity index (χ0v) is 16.8. The van der Waals surface area contributed by atoms with E-state index in [0.717, 1.165) is 18.2 Å². The number of anilines is 1. The van der Waals surface area contributed by atoms with Gasteiger partial charge in [-0.05, 0) is 29.3 Å². The van der Waals surface area contributed by atoms with Crippen LogP contribution in [0, 0.1) is 0 Å². The van der Waals surface area contributed by atoms with Crippen LogP contribution in [0.3, 0.4) is 0 Å². The fraction of sp³-hybridized carbons (Fsp3) is 0.167. The zero-order valence-electron chi connectivity index (χ0n) is 16.8. The lowest BCUT2D eigenvalue weighted by atomic mass is 9.90. The van der Waals surface area contributed by atoms with Crippen LogP contribution in [0.2, 0.25) is 0 Å². The van der Waals surface area contributed by atoms with E-state index >= 15 is 0 Å². The Hall–Kier alpha value is -3.65. The molecular formula is C24H21F3N2O3. The van der Waals surface area contributed by atoms with E-state index in [-0.39, 0.29) is 5.69 Å². The van der Waals surface area contributed by atoms with Gasteiger partial charge >= 0.3 is 6.18 Å². The molecule has 166 valence electrons. The van der Waals surface area contributed by atoms with Crippen LogP contribution in [-0.2, 0) is 15.8 Å². The van der Waals surface area contributed by atoms with Crippen LogP contribution in [0.15, 0.2) is 84.9 Å². The van der Waals surface area contributed by atoms with Crippen molar-refractivity contribution in [3.8, 4) is 0 Å². The number of hydrogen-bond donors (Lipinski definition) is 3. The highest BCUT2D eigenvalue weighted by Gasteiger charge is 2.31. The van der Waals surface area contributed by atoms with E-state index in [4.69, 9.17) is 0 Å². The maximum Gasteiger partial charge on any atom is 0.416 e. The Labute approximate surface area is 182 Å². The first-order valence-corrected chi connectivity index (χ1v) is 9.79. The predicted molar refractivity (Wildman–Crippen MR) is 114 cm³/mol.